The summed E-state index contributed by atoms with van der Waals surface area (Å²) in [6.45, 7) is 8.42. The van der Waals surface area contributed by atoms with Gasteiger partial charge in [0.1, 0.15) is 0 Å². The summed E-state index contributed by atoms with van der Waals surface area (Å²) in [7, 11) is 0. The molecule has 0 bridgehead atoms. The molecule has 1 fully saturated rings. The molecule has 0 aromatic rings. The number of hydrogen-bond donors (Lipinski definition) is 2. The van der Waals surface area contributed by atoms with Crippen molar-refractivity contribution >= 4 is 0 Å². The molecule has 2 N–H and O–H groups in total. The van der Waals surface area contributed by atoms with E-state index in [4.69, 9.17) is 0 Å². The van der Waals surface area contributed by atoms with Crippen LogP contribution in [0.5, 0.6) is 0 Å². The van der Waals surface area contributed by atoms with Gasteiger partial charge in [-0.1, -0.05) is 20.8 Å². The zero-order valence-corrected chi connectivity index (χ0v) is 9.79. The van der Waals surface area contributed by atoms with Crippen molar-refractivity contribution in [1.82, 2.24) is 5.32 Å². The minimum Gasteiger partial charge on any atom is -0.392 e. The maximum Gasteiger partial charge on any atom is 0.0692 e. The van der Waals surface area contributed by atoms with Gasteiger partial charge in [-0.15, -0.1) is 0 Å². The lowest BCUT2D eigenvalue weighted by Gasteiger charge is -2.34. The Kier molecular flexibility index (Phi) is 4.90. The average Bonchev–Trinajstić information content (AvgIpc) is 2.12. The number of likely N-dealkylation sites (N-methyl/N-ethyl adjacent to an activating group) is 1. The Morgan fingerprint density at radius 1 is 1.21 bits per heavy atom. The molecule has 1 rings (SSSR count). The first-order valence-electron chi connectivity index (χ1n) is 6.02. The Labute approximate surface area is 88.1 Å². The quantitative estimate of drug-likeness (QED) is 0.726. The van der Waals surface area contributed by atoms with Crippen LogP contribution in [0.4, 0.5) is 0 Å². The van der Waals surface area contributed by atoms with E-state index < -0.39 is 0 Å². The van der Waals surface area contributed by atoms with Crippen LogP contribution < -0.4 is 5.32 Å². The van der Waals surface area contributed by atoms with Crippen LogP contribution in [0.15, 0.2) is 0 Å². The third kappa shape index (κ3) is 3.58. The number of nitrogens with one attached hydrogen (secondary N) is 1. The molecule has 0 aromatic heterocycles. The van der Waals surface area contributed by atoms with E-state index in [2.05, 4.69) is 26.1 Å². The summed E-state index contributed by atoms with van der Waals surface area (Å²) in [4.78, 5) is 0. The molecule has 0 heterocycles. The van der Waals surface area contributed by atoms with Gasteiger partial charge in [-0.05, 0) is 43.6 Å². The predicted octanol–water partition coefficient (Wildman–Crippen LogP) is 2.03. The van der Waals surface area contributed by atoms with Crippen LogP contribution in [0.3, 0.4) is 0 Å². The first-order valence-corrected chi connectivity index (χ1v) is 6.02. The summed E-state index contributed by atoms with van der Waals surface area (Å²) in [6, 6.07) is 0. The fourth-order valence-corrected chi connectivity index (χ4v) is 2.78. The van der Waals surface area contributed by atoms with E-state index in [1.54, 1.807) is 0 Å². The van der Waals surface area contributed by atoms with Crippen LogP contribution in [-0.4, -0.2) is 24.3 Å². The predicted molar refractivity (Wildman–Crippen MR) is 60.2 cm³/mol. The fourth-order valence-electron chi connectivity index (χ4n) is 2.78. The van der Waals surface area contributed by atoms with Crippen molar-refractivity contribution in [3.05, 3.63) is 0 Å². The maximum atomic E-state index is 9.98. The van der Waals surface area contributed by atoms with E-state index in [0.717, 1.165) is 24.9 Å². The normalized spacial score (nSPS) is 35.6. The number of hydrogen-bond acceptors (Lipinski definition) is 2. The standard InChI is InChI=1S/C12H25NO/c1-4-13-8-12(14)11-6-9(2)5-10(3)7-11/h9-14H,4-8H2,1-3H3. The molecular formula is C12H25NO. The number of rotatable bonds is 4. The second-order valence-electron chi connectivity index (χ2n) is 5.05. The van der Waals surface area contributed by atoms with E-state index in [9.17, 15) is 5.11 Å². The van der Waals surface area contributed by atoms with Crippen molar-refractivity contribution in [3.8, 4) is 0 Å². The van der Waals surface area contributed by atoms with E-state index in [-0.39, 0.29) is 6.10 Å². The summed E-state index contributed by atoms with van der Waals surface area (Å²) in [6.07, 6.45) is 3.61. The summed E-state index contributed by atoms with van der Waals surface area (Å²) >= 11 is 0. The summed E-state index contributed by atoms with van der Waals surface area (Å²) in [5, 5.41) is 13.2. The Morgan fingerprint density at radius 2 is 1.79 bits per heavy atom. The van der Waals surface area contributed by atoms with Crippen LogP contribution in [0.2, 0.25) is 0 Å². The molecule has 0 aliphatic heterocycles. The Bertz CT molecular complexity index is 150. The monoisotopic (exact) mass is 199 g/mol. The molecule has 0 saturated heterocycles. The van der Waals surface area contributed by atoms with E-state index in [0.29, 0.717) is 5.92 Å². The lowest BCUT2D eigenvalue weighted by molar-refractivity contribution is 0.0562. The number of aliphatic hydroxyl groups is 1. The van der Waals surface area contributed by atoms with Gasteiger partial charge >= 0.3 is 0 Å². The molecule has 0 radical (unpaired) electrons. The van der Waals surface area contributed by atoms with E-state index >= 15 is 0 Å². The molecule has 0 aromatic carbocycles. The van der Waals surface area contributed by atoms with Gasteiger partial charge in [0.05, 0.1) is 6.10 Å². The van der Waals surface area contributed by atoms with Gasteiger partial charge in [0.15, 0.2) is 0 Å². The van der Waals surface area contributed by atoms with Gasteiger partial charge in [0.2, 0.25) is 0 Å². The maximum absolute atomic E-state index is 9.98. The first-order chi connectivity index (χ1) is 6.63. The Morgan fingerprint density at radius 3 is 2.29 bits per heavy atom. The van der Waals surface area contributed by atoms with Gasteiger partial charge < -0.3 is 10.4 Å². The third-order valence-corrected chi connectivity index (χ3v) is 3.36. The minimum atomic E-state index is -0.139. The molecule has 1 aliphatic carbocycles. The second-order valence-corrected chi connectivity index (χ2v) is 5.05. The zero-order chi connectivity index (χ0) is 10.6. The van der Waals surface area contributed by atoms with Gasteiger partial charge in [0.25, 0.3) is 0 Å². The molecule has 2 heteroatoms. The molecule has 84 valence electrons. The molecular weight excluding hydrogens is 174 g/mol. The van der Waals surface area contributed by atoms with Crippen molar-refractivity contribution in [3.63, 3.8) is 0 Å². The third-order valence-electron chi connectivity index (χ3n) is 3.36. The molecule has 0 spiro atoms. The highest BCUT2D eigenvalue weighted by atomic mass is 16.3. The van der Waals surface area contributed by atoms with Crippen molar-refractivity contribution in [2.75, 3.05) is 13.1 Å². The van der Waals surface area contributed by atoms with Crippen molar-refractivity contribution < 1.29 is 5.11 Å². The molecule has 1 aliphatic rings. The molecule has 3 unspecified atom stereocenters. The van der Waals surface area contributed by atoms with Gasteiger partial charge in [-0.3, -0.25) is 0 Å². The number of aliphatic hydroxyl groups excluding tert-OH is 1. The molecule has 3 atom stereocenters. The lowest BCUT2D eigenvalue weighted by Crippen LogP contribution is -2.36. The average molecular weight is 199 g/mol. The second kappa shape index (κ2) is 5.72. The van der Waals surface area contributed by atoms with Crippen LogP contribution in [-0.2, 0) is 0 Å². The summed E-state index contributed by atoms with van der Waals surface area (Å²) in [5.41, 5.74) is 0. The highest BCUT2D eigenvalue weighted by Crippen LogP contribution is 2.34. The minimum absolute atomic E-state index is 0.139. The van der Waals surface area contributed by atoms with Crippen LogP contribution >= 0.6 is 0 Å². The molecule has 14 heavy (non-hydrogen) atoms. The Balaban J connectivity index is 2.34. The van der Waals surface area contributed by atoms with Crippen LogP contribution in [0.25, 0.3) is 0 Å². The summed E-state index contributed by atoms with van der Waals surface area (Å²) in [5.74, 6) is 2.10. The van der Waals surface area contributed by atoms with Crippen LogP contribution in [0, 0.1) is 17.8 Å². The molecule has 1 saturated carbocycles. The fraction of sp³-hybridized carbons (Fsp3) is 1.00. The van der Waals surface area contributed by atoms with E-state index in [1.165, 1.54) is 19.3 Å². The van der Waals surface area contributed by atoms with Gasteiger partial charge in [-0.25, -0.2) is 0 Å². The van der Waals surface area contributed by atoms with Gasteiger partial charge in [-0.2, -0.15) is 0 Å². The Hall–Kier alpha value is -0.0800. The SMILES string of the molecule is CCNCC(O)C1CC(C)CC(C)C1. The lowest BCUT2D eigenvalue weighted by atomic mass is 9.74. The highest BCUT2D eigenvalue weighted by Gasteiger charge is 2.28. The largest absolute Gasteiger partial charge is 0.392 e. The molecule has 0 amide bonds. The van der Waals surface area contributed by atoms with Crippen molar-refractivity contribution in [2.45, 2.75) is 46.1 Å². The van der Waals surface area contributed by atoms with Gasteiger partial charge in [0, 0.05) is 6.54 Å². The topological polar surface area (TPSA) is 32.3 Å². The molecule has 2 nitrogen and oxygen atoms in total. The highest BCUT2D eigenvalue weighted by molar-refractivity contribution is 4.80. The smallest absolute Gasteiger partial charge is 0.0692 e. The van der Waals surface area contributed by atoms with E-state index in [1.807, 2.05) is 0 Å². The van der Waals surface area contributed by atoms with Crippen molar-refractivity contribution in [1.29, 1.82) is 0 Å². The summed E-state index contributed by atoms with van der Waals surface area (Å²) < 4.78 is 0. The zero-order valence-electron chi connectivity index (χ0n) is 9.79. The van der Waals surface area contributed by atoms with Crippen LogP contribution in [0.1, 0.15) is 40.0 Å². The van der Waals surface area contributed by atoms with Crippen molar-refractivity contribution in [2.24, 2.45) is 17.8 Å². The first kappa shape index (κ1) is 12.0.